The number of ether oxygens (including phenoxy) is 1. The number of rotatable bonds is 3. The van der Waals surface area contributed by atoms with Gasteiger partial charge in [0.05, 0.1) is 11.6 Å². The number of benzene rings is 2. The van der Waals surface area contributed by atoms with E-state index in [9.17, 15) is 8.78 Å². The van der Waals surface area contributed by atoms with E-state index in [1.165, 1.54) is 18.2 Å². The number of aliphatic hydroxyl groups excluding tert-OH is 1. The van der Waals surface area contributed by atoms with Gasteiger partial charge in [-0.15, -0.1) is 0 Å². The van der Waals surface area contributed by atoms with Gasteiger partial charge in [0.2, 0.25) is 0 Å². The van der Waals surface area contributed by atoms with Crippen LogP contribution in [-0.4, -0.2) is 5.11 Å². The Morgan fingerprint density at radius 1 is 1.05 bits per heavy atom. The van der Waals surface area contributed by atoms with Crippen molar-refractivity contribution in [3.63, 3.8) is 0 Å². The van der Waals surface area contributed by atoms with Gasteiger partial charge in [0.15, 0.2) is 17.4 Å². The van der Waals surface area contributed by atoms with Crippen LogP contribution in [0, 0.1) is 11.6 Å². The van der Waals surface area contributed by atoms with Gasteiger partial charge in [-0.25, -0.2) is 8.78 Å². The summed E-state index contributed by atoms with van der Waals surface area (Å²) in [6.45, 7) is -0.466. The van der Waals surface area contributed by atoms with Crippen molar-refractivity contribution >= 4 is 23.2 Å². The lowest BCUT2D eigenvalue weighted by Crippen LogP contribution is -1.96. The molecule has 0 atom stereocenters. The summed E-state index contributed by atoms with van der Waals surface area (Å²) in [5, 5.41) is 9.34. The van der Waals surface area contributed by atoms with Gasteiger partial charge < -0.3 is 9.84 Å². The SMILES string of the molecule is OCc1cc(F)c(Oc2cc(Cl)ccc2Cl)c(F)c1. The molecule has 0 fully saturated rings. The van der Waals surface area contributed by atoms with E-state index < -0.39 is 24.0 Å². The van der Waals surface area contributed by atoms with Gasteiger partial charge in [0, 0.05) is 11.1 Å². The average molecular weight is 305 g/mol. The van der Waals surface area contributed by atoms with Gasteiger partial charge in [0.1, 0.15) is 5.75 Å². The Kier molecular flexibility index (Phi) is 4.24. The molecule has 0 aliphatic heterocycles. The third-order valence-corrected chi connectivity index (χ3v) is 2.89. The Labute approximate surface area is 118 Å². The molecular weight excluding hydrogens is 297 g/mol. The average Bonchev–Trinajstić information content (AvgIpc) is 2.37. The Morgan fingerprint density at radius 3 is 2.26 bits per heavy atom. The minimum absolute atomic E-state index is 0.0451. The molecule has 6 heteroatoms. The fourth-order valence-electron chi connectivity index (χ4n) is 1.47. The zero-order valence-corrected chi connectivity index (χ0v) is 11.0. The van der Waals surface area contributed by atoms with Crippen LogP contribution in [-0.2, 0) is 6.61 Å². The molecule has 0 saturated heterocycles. The van der Waals surface area contributed by atoms with Crippen molar-refractivity contribution in [1.29, 1.82) is 0 Å². The first-order valence-corrected chi connectivity index (χ1v) is 5.98. The lowest BCUT2D eigenvalue weighted by molar-refractivity contribution is 0.279. The van der Waals surface area contributed by atoms with E-state index in [0.29, 0.717) is 5.02 Å². The highest BCUT2D eigenvalue weighted by atomic mass is 35.5. The van der Waals surface area contributed by atoms with E-state index in [4.69, 9.17) is 33.0 Å². The van der Waals surface area contributed by atoms with Gasteiger partial charge in [-0.1, -0.05) is 23.2 Å². The molecule has 0 aliphatic rings. The molecule has 19 heavy (non-hydrogen) atoms. The molecule has 0 radical (unpaired) electrons. The van der Waals surface area contributed by atoms with Gasteiger partial charge >= 0.3 is 0 Å². The van der Waals surface area contributed by atoms with Crippen molar-refractivity contribution in [1.82, 2.24) is 0 Å². The van der Waals surface area contributed by atoms with E-state index >= 15 is 0 Å². The van der Waals surface area contributed by atoms with Crippen molar-refractivity contribution in [3.8, 4) is 11.5 Å². The van der Waals surface area contributed by atoms with Crippen LogP contribution in [0.25, 0.3) is 0 Å². The van der Waals surface area contributed by atoms with Crippen molar-refractivity contribution in [2.75, 3.05) is 0 Å². The van der Waals surface area contributed by atoms with E-state index in [1.54, 1.807) is 0 Å². The van der Waals surface area contributed by atoms with Crippen LogP contribution in [0.3, 0.4) is 0 Å². The van der Waals surface area contributed by atoms with Gasteiger partial charge in [-0.3, -0.25) is 0 Å². The summed E-state index contributed by atoms with van der Waals surface area (Å²) in [6, 6.07) is 6.30. The van der Waals surface area contributed by atoms with Crippen LogP contribution < -0.4 is 4.74 Å². The maximum absolute atomic E-state index is 13.7. The molecule has 0 saturated carbocycles. The molecule has 2 nitrogen and oxygen atoms in total. The van der Waals surface area contributed by atoms with E-state index in [1.807, 2.05) is 0 Å². The minimum Gasteiger partial charge on any atom is -0.450 e. The Bertz CT molecular complexity index is 595. The fraction of sp³-hybridized carbons (Fsp3) is 0.0769. The highest BCUT2D eigenvalue weighted by Crippen LogP contribution is 2.34. The smallest absolute Gasteiger partial charge is 0.198 e. The van der Waals surface area contributed by atoms with Gasteiger partial charge in [0.25, 0.3) is 0 Å². The summed E-state index contributed by atoms with van der Waals surface area (Å²) in [5.41, 5.74) is 0.111. The molecule has 100 valence electrons. The minimum atomic E-state index is -0.930. The van der Waals surface area contributed by atoms with Gasteiger partial charge in [-0.05, 0) is 29.8 Å². The second-order valence-corrected chi connectivity index (χ2v) is 4.57. The van der Waals surface area contributed by atoms with Crippen LogP contribution in [0.1, 0.15) is 5.56 Å². The van der Waals surface area contributed by atoms with E-state index in [0.717, 1.165) is 12.1 Å². The Hall–Kier alpha value is -1.36. The molecule has 2 aromatic carbocycles. The summed E-state index contributed by atoms with van der Waals surface area (Å²) >= 11 is 11.6. The normalized spacial score (nSPS) is 10.6. The second-order valence-electron chi connectivity index (χ2n) is 3.72. The first-order chi connectivity index (χ1) is 9.01. The first-order valence-electron chi connectivity index (χ1n) is 5.23. The molecule has 0 bridgehead atoms. The maximum Gasteiger partial charge on any atom is 0.198 e. The highest BCUT2D eigenvalue weighted by molar-refractivity contribution is 6.34. The van der Waals surface area contributed by atoms with Crippen molar-refractivity contribution in [2.45, 2.75) is 6.61 Å². The molecule has 2 aromatic rings. The molecule has 0 heterocycles. The van der Waals surface area contributed by atoms with Crippen molar-refractivity contribution < 1.29 is 18.6 Å². The van der Waals surface area contributed by atoms with E-state index in [-0.39, 0.29) is 16.3 Å². The van der Waals surface area contributed by atoms with Crippen LogP contribution in [0.2, 0.25) is 10.0 Å². The third-order valence-electron chi connectivity index (χ3n) is 2.35. The lowest BCUT2D eigenvalue weighted by atomic mass is 10.2. The second kappa shape index (κ2) is 5.74. The number of hydrogen-bond acceptors (Lipinski definition) is 2. The van der Waals surface area contributed by atoms with Crippen LogP contribution >= 0.6 is 23.2 Å². The number of aliphatic hydroxyl groups is 1. The summed E-state index contributed by atoms with van der Waals surface area (Å²) in [7, 11) is 0. The third kappa shape index (κ3) is 3.15. The Balaban J connectivity index is 2.41. The van der Waals surface area contributed by atoms with Crippen molar-refractivity contribution in [3.05, 3.63) is 57.6 Å². The van der Waals surface area contributed by atoms with Crippen LogP contribution in [0.4, 0.5) is 8.78 Å². The maximum atomic E-state index is 13.7. The van der Waals surface area contributed by atoms with Crippen molar-refractivity contribution in [2.24, 2.45) is 0 Å². The fourth-order valence-corrected chi connectivity index (χ4v) is 1.78. The largest absolute Gasteiger partial charge is 0.450 e. The highest BCUT2D eigenvalue weighted by Gasteiger charge is 2.15. The predicted molar refractivity (Wildman–Crippen MR) is 68.8 cm³/mol. The molecule has 0 unspecified atom stereocenters. The summed E-state index contributed by atoms with van der Waals surface area (Å²) < 4.78 is 32.4. The lowest BCUT2D eigenvalue weighted by Gasteiger charge is -2.10. The van der Waals surface area contributed by atoms with Crippen LogP contribution in [0.15, 0.2) is 30.3 Å². The summed E-state index contributed by atoms with van der Waals surface area (Å²) in [6.07, 6.45) is 0. The Morgan fingerprint density at radius 2 is 1.68 bits per heavy atom. The molecule has 1 N–H and O–H groups in total. The summed E-state index contributed by atoms with van der Waals surface area (Å²) in [5.74, 6) is -2.41. The quantitative estimate of drug-likeness (QED) is 0.901. The zero-order chi connectivity index (χ0) is 14.0. The molecule has 0 spiro atoms. The van der Waals surface area contributed by atoms with E-state index in [2.05, 4.69) is 0 Å². The summed E-state index contributed by atoms with van der Waals surface area (Å²) in [4.78, 5) is 0. The zero-order valence-electron chi connectivity index (χ0n) is 9.46. The predicted octanol–water partition coefficient (Wildman–Crippen LogP) is 4.56. The number of halogens is 4. The standard InChI is InChI=1S/C13H8Cl2F2O2/c14-8-1-2-9(15)12(5-8)19-13-10(16)3-7(6-18)4-11(13)17/h1-5,18H,6H2. The first kappa shape index (κ1) is 14.1. The molecule has 0 aliphatic carbocycles. The molecule has 0 aromatic heterocycles. The topological polar surface area (TPSA) is 29.5 Å². The van der Waals surface area contributed by atoms with Gasteiger partial charge in [-0.2, -0.15) is 0 Å². The molecule has 0 amide bonds. The number of hydrogen-bond donors (Lipinski definition) is 1. The molecule has 2 rings (SSSR count). The monoisotopic (exact) mass is 304 g/mol. The molecular formula is C13H8Cl2F2O2. The van der Waals surface area contributed by atoms with Crippen LogP contribution in [0.5, 0.6) is 11.5 Å².